The standard InChI is InChI=1S/C20H19N3O6/c1-12(2)29-18-16(23(26)27)10-13(11-17(18)28-3)9-15-19(24)21-22(20(15)25)14-7-5-4-6-8-14/h4-12H,1-3H3,(H,21,24). The quantitative estimate of drug-likeness (QED) is 0.347. The van der Waals surface area contributed by atoms with Crippen LogP contribution in [-0.4, -0.2) is 30.0 Å². The lowest BCUT2D eigenvalue weighted by Gasteiger charge is -2.14. The van der Waals surface area contributed by atoms with Crippen molar-refractivity contribution in [1.82, 2.24) is 5.43 Å². The van der Waals surface area contributed by atoms with Gasteiger partial charge < -0.3 is 9.47 Å². The lowest BCUT2D eigenvalue weighted by atomic mass is 10.1. The van der Waals surface area contributed by atoms with Gasteiger partial charge in [0.1, 0.15) is 5.57 Å². The van der Waals surface area contributed by atoms with Gasteiger partial charge in [-0.3, -0.25) is 25.1 Å². The number of carbonyl (C=O) groups excluding carboxylic acids is 2. The van der Waals surface area contributed by atoms with Gasteiger partial charge in [0.05, 0.1) is 23.8 Å². The number of ether oxygens (including phenoxy) is 2. The molecule has 0 bridgehead atoms. The number of carbonyl (C=O) groups is 2. The molecule has 0 spiro atoms. The minimum Gasteiger partial charge on any atom is -0.493 e. The summed E-state index contributed by atoms with van der Waals surface area (Å²) in [4.78, 5) is 35.9. The molecule has 2 amide bonds. The molecule has 0 atom stereocenters. The molecule has 1 fully saturated rings. The van der Waals surface area contributed by atoms with E-state index in [1.807, 2.05) is 0 Å². The first kappa shape index (κ1) is 19.9. The Hall–Kier alpha value is -3.88. The number of rotatable bonds is 6. The Morgan fingerprint density at radius 1 is 1.17 bits per heavy atom. The fourth-order valence-electron chi connectivity index (χ4n) is 2.82. The summed E-state index contributed by atoms with van der Waals surface area (Å²) in [6, 6.07) is 11.3. The van der Waals surface area contributed by atoms with Crippen LogP contribution in [0.1, 0.15) is 19.4 Å². The summed E-state index contributed by atoms with van der Waals surface area (Å²) in [5.41, 5.74) is 2.77. The molecule has 150 valence electrons. The average Bonchev–Trinajstić information content (AvgIpc) is 2.97. The zero-order valence-corrected chi connectivity index (χ0v) is 16.0. The summed E-state index contributed by atoms with van der Waals surface area (Å²) < 4.78 is 10.8. The predicted molar refractivity (Wildman–Crippen MR) is 105 cm³/mol. The Labute approximate surface area is 166 Å². The minimum atomic E-state index is -0.608. The number of hydrazine groups is 1. The highest BCUT2D eigenvalue weighted by atomic mass is 16.6. The fraction of sp³-hybridized carbons (Fsp3) is 0.200. The molecule has 1 N–H and O–H groups in total. The highest BCUT2D eigenvalue weighted by molar-refractivity contribution is 6.31. The third-order valence-corrected chi connectivity index (χ3v) is 4.04. The van der Waals surface area contributed by atoms with E-state index < -0.39 is 16.7 Å². The molecule has 9 nitrogen and oxygen atoms in total. The first-order valence-corrected chi connectivity index (χ1v) is 8.77. The molecule has 9 heteroatoms. The number of methoxy groups -OCH3 is 1. The molecule has 1 heterocycles. The summed E-state index contributed by atoms with van der Waals surface area (Å²) in [5.74, 6) is -1.05. The van der Waals surface area contributed by atoms with E-state index in [1.165, 1.54) is 25.3 Å². The second-order valence-electron chi connectivity index (χ2n) is 6.47. The Morgan fingerprint density at radius 2 is 1.86 bits per heavy atom. The van der Waals surface area contributed by atoms with Crippen molar-refractivity contribution in [1.29, 1.82) is 0 Å². The van der Waals surface area contributed by atoms with Crippen molar-refractivity contribution in [3.05, 3.63) is 63.7 Å². The Bertz CT molecular complexity index is 1000. The van der Waals surface area contributed by atoms with Crippen molar-refractivity contribution in [3.8, 4) is 11.5 Å². The molecule has 0 unspecified atom stereocenters. The molecule has 0 radical (unpaired) electrons. The number of nitrogens with one attached hydrogen (secondary N) is 1. The minimum absolute atomic E-state index is 0.0113. The summed E-state index contributed by atoms with van der Waals surface area (Å²) >= 11 is 0. The molecule has 29 heavy (non-hydrogen) atoms. The smallest absolute Gasteiger partial charge is 0.315 e. The number of nitro benzene ring substituents is 1. The zero-order valence-electron chi connectivity index (χ0n) is 16.0. The van der Waals surface area contributed by atoms with Crippen LogP contribution in [-0.2, 0) is 9.59 Å². The van der Waals surface area contributed by atoms with Gasteiger partial charge in [0.25, 0.3) is 11.8 Å². The van der Waals surface area contributed by atoms with Crippen molar-refractivity contribution >= 4 is 29.3 Å². The Kier molecular flexibility index (Phi) is 5.49. The first-order chi connectivity index (χ1) is 13.8. The lowest BCUT2D eigenvalue weighted by Crippen LogP contribution is -2.35. The molecule has 3 rings (SSSR count). The van der Waals surface area contributed by atoms with Crippen molar-refractivity contribution < 1.29 is 24.0 Å². The molecule has 0 aliphatic carbocycles. The van der Waals surface area contributed by atoms with Gasteiger partial charge in [0, 0.05) is 6.07 Å². The second-order valence-corrected chi connectivity index (χ2v) is 6.47. The van der Waals surface area contributed by atoms with E-state index in [2.05, 4.69) is 5.43 Å². The normalized spacial score (nSPS) is 15.0. The number of amides is 2. The van der Waals surface area contributed by atoms with Gasteiger partial charge in [0.15, 0.2) is 5.75 Å². The van der Waals surface area contributed by atoms with Crippen LogP contribution in [0.3, 0.4) is 0 Å². The number of nitro groups is 1. The van der Waals surface area contributed by atoms with Crippen molar-refractivity contribution in [2.45, 2.75) is 20.0 Å². The summed E-state index contributed by atoms with van der Waals surface area (Å²) in [6.07, 6.45) is 0.975. The largest absolute Gasteiger partial charge is 0.493 e. The topological polar surface area (TPSA) is 111 Å². The Morgan fingerprint density at radius 3 is 2.45 bits per heavy atom. The highest BCUT2D eigenvalue weighted by Gasteiger charge is 2.34. The number of para-hydroxylation sites is 1. The predicted octanol–water partition coefficient (Wildman–Crippen LogP) is 2.85. The molecule has 2 aromatic carbocycles. The average molecular weight is 397 g/mol. The second kappa shape index (κ2) is 8.01. The van der Waals surface area contributed by atoms with Gasteiger partial charge in [-0.2, -0.15) is 0 Å². The molecular formula is C20H19N3O6. The van der Waals surface area contributed by atoms with Crippen LogP contribution in [0.4, 0.5) is 11.4 Å². The van der Waals surface area contributed by atoms with Gasteiger partial charge >= 0.3 is 5.69 Å². The van der Waals surface area contributed by atoms with Crippen LogP contribution in [0, 0.1) is 10.1 Å². The zero-order chi connectivity index (χ0) is 21.1. The van der Waals surface area contributed by atoms with E-state index in [-0.39, 0.29) is 34.4 Å². The SMILES string of the molecule is COc1cc(C=C2C(=O)NN(c3ccccc3)C2=O)cc([N+](=O)[O-])c1OC(C)C. The van der Waals surface area contributed by atoms with E-state index in [0.717, 1.165) is 5.01 Å². The molecule has 0 aromatic heterocycles. The number of hydrogen-bond donors (Lipinski definition) is 1. The van der Waals surface area contributed by atoms with Crippen LogP contribution >= 0.6 is 0 Å². The molecule has 0 saturated carbocycles. The molecule has 2 aromatic rings. The maximum atomic E-state index is 12.7. The number of anilines is 1. The molecular weight excluding hydrogens is 378 g/mol. The van der Waals surface area contributed by atoms with E-state index in [9.17, 15) is 19.7 Å². The Balaban J connectivity index is 2.03. The van der Waals surface area contributed by atoms with Crippen LogP contribution in [0.2, 0.25) is 0 Å². The van der Waals surface area contributed by atoms with E-state index in [0.29, 0.717) is 5.69 Å². The van der Waals surface area contributed by atoms with Gasteiger partial charge in [-0.15, -0.1) is 0 Å². The van der Waals surface area contributed by atoms with Gasteiger partial charge in [0.2, 0.25) is 5.75 Å². The van der Waals surface area contributed by atoms with Gasteiger partial charge in [-0.25, -0.2) is 5.01 Å². The third kappa shape index (κ3) is 4.03. The maximum absolute atomic E-state index is 12.7. The molecule has 1 aliphatic rings. The lowest BCUT2D eigenvalue weighted by molar-refractivity contribution is -0.386. The van der Waals surface area contributed by atoms with Gasteiger partial charge in [-0.05, 0) is 43.7 Å². The van der Waals surface area contributed by atoms with Crippen LogP contribution < -0.4 is 19.9 Å². The number of nitrogens with zero attached hydrogens (tertiary/aromatic N) is 2. The summed E-state index contributed by atoms with van der Waals surface area (Å²) in [6.45, 7) is 3.47. The third-order valence-electron chi connectivity index (χ3n) is 4.04. The van der Waals surface area contributed by atoms with Crippen molar-refractivity contribution in [3.63, 3.8) is 0 Å². The van der Waals surface area contributed by atoms with E-state index in [4.69, 9.17) is 9.47 Å². The summed E-state index contributed by atoms with van der Waals surface area (Å²) in [7, 11) is 1.35. The fourth-order valence-corrected chi connectivity index (χ4v) is 2.82. The van der Waals surface area contributed by atoms with Crippen molar-refractivity contribution in [2.24, 2.45) is 0 Å². The van der Waals surface area contributed by atoms with Crippen LogP contribution in [0.15, 0.2) is 48.0 Å². The first-order valence-electron chi connectivity index (χ1n) is 8.77. The molecule has 1 saturated heterocycles. The highest BCUT2D eigenvalue weighted by Crippen LogP contribution is 2.39. The molecule has 1 aliphatic heterocycles. The number of hydrogen-bond acceptors (Lipinski definition) is 6. The van der Waals surface area contributed by atoms with E-state index >= 15 is 0 Å². The number of benzene rings is 2. The van der Waals surface area contributed by atoms with Crippen LogP contribution in [0.5, 0.6) is 11.5 Å². The summed E-state index contributed by atoms with van der Waals surface area (Å²) in [5, 5.41) is 12.6. The van der Waals surface area contributed by atoms with Crippen molar-refractivity contribution in [2.75, 3.05) is 12.1 Å². The van der Waals surface area contributed by atoms with Gasteiger partial charge in [-0.1, -0.05) is 18.2 Å². The monoisotopic (exact) mass is 397 g/mol. The van der Waals surface area contributed by atoms with Crippen LogP contribution in [0.25, 0.3) is 6.08 Å². The maximum Gasteiger partial charge on any atom is 0.315 e. The van der Waals surface area contributed by atoms with E-state index in [1.54, 1.807) is 44.2 Å².